The first kappa shape index (κ1) is 7.74. The van der Waals surface area contributed by atoms with Gasteiger partial charge in [-0.2, -0.15) is 0 Å². The van der Waals surface area contributed by atoms with Crippen LogP contribution in [0.5, 0.6) is 0 Å². The highest BCUT2D eigenvalue weighted by Gasteiger charge is 2.14. The fraction of sp³-hybridized carbons (Fsp3) is 0. The van der Waals surface area contributed by atoms with Crippen LogP contribution in [0.2, 0.25) is 0 Å². The van der Waals surface area contributed by atoms with Gasteiger partial charge in [0, 0.05) is 0 Å². The maximum atomic E-state index is 10.4. The molecule has 0 aliphatic rings. The molecule has 1 heterocycles. The molecule has 1 aromatic heterocycles. The van der Waals surface area contributed by atoms with Gasteiger partial charge >= 0.3 is 5.88 Å². The van der Waals surface area contributed by atoms with Gasteiger partial charge in [0.25, 0.3) is 5.24 Å². The Bertz CT molecular complexity index is 277. The van der Waals surface area contributed by atoms with Gasteiger partial charge < -0.3 is 4.42 Å². The van der Waals surface area contributed by atoms with Gasteiger partial charge in [-0.3, -0.25) is 14.9 Å². The summed E-state index contributed by atoms with van der Waals surface area (Å²) in [6, 6.07) is 0.968. The molecule has 0 saturated heterocycles. The first-order valence-electron chi connectivity index (χ1n) is 2.54. The van der Waals surface area contributed by atoms with E-state index in [0.29, 0.717) is 0 Å². The van der Waals surface area contributed by atoms with E-state index in [2.05, 4.69) is 4.42 Å². The number of nitrogens with zero attached hydrogens (tertiary/aromatic N) is 1. The summed E-state index contributed by atoms with van der Waals surface area (Å²) in [4.78, 5) is 19.6. The average molecular weight is 176 g/mol. The molecule has 0 saturated carbocycles. The van der Waals surface area contributed by atoms with Crippen LogP contribution in [0, 0.1) is 10.1 Å². The van der Waals surface area contributed by atoms with Crippen LogP contribution < -0.4 is 0 Å². The van der Waals surface area contributed by atoms with E-state index in [1.165, 1.54) is 0 Å². The molecule has 58 valence electrons. The standard InChI is InChI=1S/C5H2ClNO4/c6-5(8)3-1-4(7(9)10)11-2-3/h1-2H. The number of nitro groups is 1. The van der Waals surface area contributed by atoms with Crippen LogP contribution in [-0.2, 0) is 0 Å². The molecule has 1 aromatic rings. The van der Waals surface area contributed by atoms with Crippen LogP contribution in [0.4, 0.5) is 5.88 Å². The third-order valence-electron chi connectivity index (χ3n) is 0.993. The zero-order valence-corrected chi connectivity index (χ0v) is 5.87. The number of carbonyl (C=O) groups is 1. The quantitative estimate of drug-likeness (QED) is 0.388. The van der Waals surface area contributed by atoms with Crippen molar-refractivity contribution in [1.82, 2.24) is 0 Å². The highest BCUT2D eigenvalue weighted by molar-refractivity contribution is 6.67. The van der Waals surface area contributed by atoms with Crippen molar-refractivity contribution in [2.24, 2.45) is 0 Å². The number of rotatable bonds is 2. The Morgan fingerprint density at radius 1 is 1.73 bits per heavy atom. The third-order valence-corrected chi connectivity index (χ3v) is 1.21. The predicted molar refractivity (Wildman–Crippen MR) is 35.5 cm³/mol. The van der Waals surface area contributed by atoms with E-state index in [1.807, 2.05) is 0 Å². The molecule has 0 N–H and O–H groups in total. The molecule has 0 fully saturated rings. The van der Waals surface area contributed by atoms with Gasteiger partial charge in [0.15, 0.2) is 0 Å². The maximum absolute atomic E-state index is 10.4. The first-order valence-corrected chi connectivity index (χ1v) is 2.92. The Morgan fingerprint density at radius 3 is 2.64 bits per heavy atom. The molecular weight excluding hydrogens is 174 g/mol. The Balaban J connectivity index is 2.99. The molecule has 1 rings (SSSR count). The summed E-state index contributed by atoms with van der Waals surface area (Å²) < 4.78 is 4.38. The summed E-state index contributed by atoms with van der Waals surface area (Å²) in [5.74, 6) is -0.492. The summed E-state index contributed by atoms with van der Waals surface area (Å²) in [6.45, 7) is 0. The molecule has 5 nitrogen and oxygen atoms in total. The van der Waals surface area contributed by atoms with Gasteiger partial charge in [-0.25, -0.2) is 0 Å². The molecule has 0 bridgehead atoms. The molecule has 0 atom stereocenters. The van der Waals surface area contributed by atoms with Crippen LogP contribution in [-0.4, -0.2) is 10.2 Å². The minimum absolute atomic E-state index is 0.0154. The van der Waals surface area contributed by atoms with E-state index in [4.69, 9.17) is 11.6 Å². The fourth-order valence-electron chi connectivity index (χ4n) is 0.524. The fourth-order valence-corrected chi connectivity index (χ4v) is 0.623. The molecule has 0 spiro atoms. The van der Waals surface area contributed by atoms with Crippen molar-refractivity contribution in [3.05, 3.63) is 28.0 Å². The van der Waals surface area contributed by atoms with Crippen molar-refractivity contribution < 1.29 is 14.1 Å². The van der Waals surface area contributed by atoms with Crippen LogP contribution >= 0.6 is 11.6 Å². The summed E-state index contributed by atoms with van der Waals surface area (Å²) in [5, 5.41) is 9.22. The molecule has 0 radical (unpaired) electrons. The predicted octanol–water partition coefficient (Wildman–Crippen LogP) is 1.57. The van der Waals surface area contributed by atoms with Gasteiger partial charge in [0.05, 0.1) is 11.6 Å². The Labute approximate surface area is 65.7 Å². The SMILES string of the molecule is O=C(Cl)c1coc([N+](=O)[O-])c1. The van der Waals surface area contributed by atoms with Gasteiger partial charge in [-0.15, -0.1) is 0 Å². The van der Waals surface area contributed by atoms with E-state index in [1.54, 1.807) is 0 Å². The smallest absolute Gasteiger partial charge is 0.408 e. The Hall–Kier alpha value is -1.36. The lowest BCUT2D eigenvalue weighted by Crippen LogP contribution is -1.85. The van der Waals surface area contributed by atoms with E-state index >= 15 is 0 Å². The summed E-state index contributed by atoms with van der Waals surface area (Å²) in [5.41, 5.74) is -0.0154. The minimum atomic E-state index is -0.776. The maximum Gasteiger partial charge on any atom is 0.433 e. The Morgan fingerprint density at radius 2 is 2.36 bits per heavy atom. The van der Waals surface area contributed by atoms with Crippen molar-refractivity contribution in [2.45, 2.75) is 0 Å². The number of hydrogen-bond acceptors (Lipinski definition) is 4. The highest BCUT2D eigenvalue weighted by atomic mass is 35.5. The van der Waals surface area contributed by atoms with Gasteiger partial charge in [-0.1, -0.05) is 0 Å². The molecular formula is C5H2ClNO4. The van der Waals surface area contributed by atoms with Crippen molar-refractivity contribution in [2.75, 3.05) is 0 Å². The van der Waals surface area contributed by atoms with E-state index in [-0.39, 0.29) is 5.56 Å². The van der Waals surface area contributed by atoms with E-state index in [9.17, 15) is 14.9 Å². The molecule has 0 amide bonds. The zero-order chi connectivity index (χ0) is 8.43. The van der Waals surface area contributed by atoms with Crippen LogP contribution in [0.3, 0.4) is 0 Å². The lowest BCUT2D eigenvalue weighted by Gasteiger charge is -1.77. The van der Waals surface area contributed by atoms with Crippen LogP contribution in [0.15, 0.2) is 16.7 Å². The molecule has 0 aromatic carbocycles. The van der Waals surface area contributed by atoms with Gasteiger partial charge in [0.1, 0.15) is 11.2 Å². The number of carbonyl (C=O) groups excluding carboxylic acids is 1. The molecule has 6 heteroatoms. The molecule has 0 aliphatic carbocycles. The zero-order valence-electron chi connectivity index (χ0n) is 5.11. The topological polar surface area (TPSA) is 73.3 Å². The average Bonchev–Trinajstić information content (AvgIpc) is 2.33. The van der Waals surface area contributed by atoms with Gasteiger partial charge in [0.2, 0.25) is 0 Å². The summed E-state index contributed by atoms with van der Waals surface area (Å²) in [6.07, 6.45) is 0.938. The lowest BCUT2D eigenvalue weighted by molar-refractivity contribution is -0.402. The minimum Gasteiger partial charge on any atom is -0.408 e. The number of furan rings is 1. The van der Waals surface area contributed by atoms with E-state index in [0.717, 1.165) is 12.3 Å². The van der Waals surface area contributed by atoms with E-state index < -0.39 is 16.0 Å². The Kier molecular flexibility index (Phi) is 1.91. The van der Waals surface area contributed by atoms with Crippen LogP contribution in [0.25, 0.3) is 0 Å². The van der Waals surface area contributed by atoms with Crippen LogP contribution in [0.1, 0.15) is 10.4 Å². The monoisotopic (exact) mass is 175 g/mol. The van der Waals surface area contributed by atoms with Crippen molar-refractivity contribution in [1.29, 1.82) is 0 Å². The summed E-state index contributed by atoms with van der Waals surface area (Å²) in [7, 11) is 0. The second kappa shape index (κ2) is 2.71. The summed E-state index contributed by atoms with van der Waals surface area (Å²) >= 11 is 5.00. The molecule has 11 heavy (non-hydrogen) atoms. The second-order valence-corrected chi connectivity index (χ2v) is 2.05. The van der Waals surface area contributed by atoms with Gasteiger partial charge in [-0.05, 0) is 11.6 Å². The molecule has 0 aliphatic heterocycles. The first-order chi connectivity index (χ1) is 5.11. The molecule has 0 unspecified atom stereocenters. The second-order valence-electron chi connectivity index (χ2n) is 1.70. The highest BCUT2D eigenvalue weighted by Crippen LogP contribution is 2.16. The normalized spacial score (nSPS) is 9.55. The number of hydrogen-bond donors (Lipinski definition) is 0. The third kappa shape index (κ3) is 1.56. The van der Waals surface area contributed by atoms with Crippen molar-refractivity contribution in [3.8, 4) is 0 Å². The lowest BCUT2D eigenvalue weighted by atomic mass is 10.4. The number of halogens is 1. The van der Waals surface area contributed by atoms with Crippen molar-refractivity contribution >= 4 is 22.7 Å². The largest absolute Gasteiger partial charge is 0.433 e. The van der Waals surface area contributed by atoms with Crippen molar-refractivity contribution in [3.63, 3.8) is 0 Å².